The smallest absolute Gasteiger partial charge is 0.297 e. The Morgan fingerprint density at radius 1 is 1.06 bits per heavy atom. The van der Waals surface area contributed by atoms with Gasteiger partial charge in [-0.05, 0) is 98.4 Å². The van der Waals surface area contributed by atoms with E-state index in [1.54, 1.807) is 19.1 Å². The van der Waals surface area contributed by atoms with Crippen LogP contribution >= 0.6 is 0 Å². The topological polar surface area (TPSA) is 209 Å². The number of H-pyrrole nitrogens is 1. The molecule has 2 aromatic heterocycles. The standard InChI is InChI=1S/C50H56FN7O9S/c1-29(2)34-6-4-5-7-35(34)36-10-11-42(59)46(36)57-27-50(28-57)16-18-56(19-17-50)31-8-9-37(43(20-31)67-32-21-38-39(51)25-53-47(38)52-24-32)48(60)55-68(64,65)33-22-41(58(62)63)45-44(23-33)66-26-40(54-45)30-12-14-49(3,61)15-13-30/h4-9,20-25,29-30,36,40,46,54,61H,10-19,26-28H2,1-3H3,(H,52,53)(H,55,60)/t30?,36-,40+,46?,49?/m0/s1. The summed E-state index contributed by atoms with van der Waals surface area (Å²) in [4.78, 5) is 50.2. The van der Waals surface area contributed by atoms with Crippen LogP contribution in [-0.4, -0.2) is 95.5 Å². The molecule has 16 nitrogen and oxygen atoms in total. The average Bonchev–Trinajstić information content (AvgIpc) is 3.88. The molecule has 0 radical (unpaired) electrons. The van der Waals surface area contributed by atoms with Crippen LogP contribution < -0.4 is 24.4 Å². The molecule has 1 spiro atoms. The minimum absolute atomic E-state index is 0.0194. The van der Waals surface area contributed by atoms with Gasteiger partial charge in [0.1, 0.15) is 29.6 Å². The van der Waals surface area contributed by atoms with E-state index in [2.05, 4.69) is 67.9 Å². The molecule has 3 atom stereocenters. The molecule has 0 bridgehead atoms. The molecule has 68 heavy (non-hydrogen) atoms. The molecule has 1 unspecified atom stereocenters. The maximum absolute atomic E-state index is 14.7. The Bertz CT molecular complexity index is 2920. The molecular formula is C50H56FN7O9S. The van der Waals surface area contributed by atoms with E-state index < -0.39 is 42.9 Å². The molecule has 358 valence electrons. The summed E-state index contributed by atoms with van der Waals surface area (Å²) in [6.45, 7) is 9.36. The highest BCUT2D eigenvalue weighted by Crippen LogP contribution is 2.49. The number of nitro groups is 1. The van der Waals surface area contributed by atoms with E-state index in [-0.39, 0.29) is 75.5 Å². The highest BCUT2D eigenvalue weighted by molar-refractivity contribution is 7.90. The van der Waals surface area contributed by atoms with E-state index in [9.17, 15) is 37.6 Å². The lowest BCUT2D eigenvalue weighted by molar-refractivity contribution is -0.384. The van der Waals surface area contributed by atoms with Crippen LogP contribution in [0.3, 0.4) is 0 Å². The summed E-state index contributed by atoms with van der Waals surface area (Å²) in [5.41, 5.74) is 2.23. The SMILES string of the molecule is CC(C)c1ccccc1[C@@H]1CCC(=O)C1N1CC2(CCN(c3ccc(C(=O)NS(=O)(=O)c4cc5c(c([N+](=O)[O-])c4)N[C@@H](C4CCC(C)(O)CC4)CO5)c(Oc4cnc5[nH]cc(F)c5c4)c3)CC2)C1. The highest BCUT2D eigenvalue weighted by Gasteiger charge is 2.52. The number of aromatic amines is 1. The zero-order chi connectivity index (χ0) is 47.7. The van der Waals surface area contributed by atoms with Crippen molar-refractivity contribution in [3.8, 4) is 17.2 Å². The quantitative estimate of drug-likeness (QED) is 0.0728. The number of halogens is 1. The number of likely N-dealkylation sites (tertiary alicyclic amines) is 1. The van der Waals surface area contributed by atoms with Gasteiger partial charge in [-0.25, -0.2) is 22.5 Å². The predicted molar refractivity (Wildman–Crippen MR) is 253 cm³/mol. The molecule has 2 saturated heterocycles. The second-order valence-corrected chi connectivity index (χ2v) is 21.8. The van der Waals surface area contributed by atoms with Crippen LogP contribution in [0.4, 0.5) is 21.5 Å². The van der Waals surface area contributed by atoms with E-state index in [0.717, 1.165) is 50.2 Å². The van der Waals surface area contributed by atoms with Gasteiger partial charge in [-0.3, -0.25) is 24.6 Å². The second-order valence-electron chi connectivity index (χ2n) is 20.1. The number of pyridine rings is 1. The van der Waals surface area contributed by atoms with Crippen LogP contribution in [-0.2, 0) is 14.8 Å². The number of anilines is 2. The van der Waals surface area contributed by atoms with Crippen molar-refractivity contribution in [2.45, 2.75) is 107 Å². The van der Waals surface area contributed by atoms with Gasteiger partial charge in [0.25, 0.3) is 21.6 Å². The molecule has 3 aromatic carbocycles. The molecular weight excluding hydrogens is 894 g/mol. The van der Waals surface area contributed by atoms with Gasteiger partial charge in [-0.15, -0.1) is 0 Å². The van der Waals surface area contributed by atoms with E-state index in [1.165, 1.54) is 35.7 Å². The van der Waals surface area contributed by atoms with Crippen molar-refractivity contribution in [2.75, 3.05) is 43.0 Å². The zero-order valence-corrected chi connectivity index (χ0v) is 39.1. The molecule has 18 heteroatoms. The number of sulfonamides is 1. The van der Waals surface area contributed by atoms with Crippen molar-refractivity contribution in [1.29, 1.82) is 0 Å². The first kappa shape index (κ1) is 45.7. The Morgan fingerprint density at radius 3 is 2.54 bits per heavy atom. The number of fused-ring (bicyclic) bond motifs is 2. The van der Waals surface area contributed by atoms with Crippen molar-refractivity contribution in [3.05, 3.63) is 106 Å². The maximum Gasteiger partial charge on any atom is 0.297 e. The third-order valence-corrected chi connectivity index (χ3v) is 16.5. The number of Topliss-reactive ketones (excluding diaryl/α,β-unsaturated/α-hetero) is 1. The van der Waals surface area contributed by atoms with Gasteiger partial charge < -0.3 is 29.8 Å². The number of piperidine rings is 1. The van der Waals surface area contributed by atoms with Crippen molar-refractivity contribution in [1.82, 2.24) is 19.6 Å². The van der Waals surface area contributed by atoms with Crippen molar-refractivity contribution in [2.24, 2.45) is 11.3 Å². The third-order valence-electron chi connectivity index (χ3n) is 15.2. The number of aromatic nitrogens is 2. The molecule has 2 saturated carbocycles. The van der Waals surface area contributed by atoms with E-state index >= 15 is 0 Å². The van der Waals surface area contributed by atoms with Crippen LogP contribution in [0.5, 0.6) is 17.2 Å². The summed E-state index contributed by atoms with van der Waals surface area (Å²) < 4.78 is 56.8. The fraction of sp³-hybridized carbons (Fsp3) is 0.460. The Labute approximate surface area is 393 Å². The largest absolute Gasteiger partial charge is 0.489 e. The number of nitro benzene ring substituents is 1. The molecule has 5 heterocycles. The van der Waals surface area contributed by atoms with Crippen LogP contribution in [0, 0.1) is 27.3 Å². The lowest BCUT2D eigenvalue weighted by atomic mass is 9.70. The van der Waals surface area contributed by atoms with Crippen molar-refractivity contribution >= 4 is 49.8 Å². The summed E-state index contributed by atoms with van der Waals surface area (Å²) in [7, 11) is -4.74. The second kappa shape index (κ2) is 17.4. The molecule has 5 aromatic rings. The van der Waals surface area contributed by atoms with Crippen LogP contribution in [0.15, 0.2) is 78.0 Å². The number of carbonyl (C=O) groups excluding carboxylic acids is 2. The minimum atomic E-state index is -4.74. The van der Waals surface area contributed by atoms with Gasteiger partial charge in [0, 0.05) is 68.6 Å². The maximum atomic E-state index is 14.7. The minimum Gasteiger partial charge on any atom is -0.489 e. The van der Waals surface area contributed by atoms with Gasteiger partial charge in [0.15, 0.2) is 17.2 Å². The molecule has 4 N–H and O–H groups in total. The Balaban J connectivity index is 0.867. The van der Waals surface area contributed by atoms with Gasteiger partial charge in [-0.2, -0.15) is 0 Å². The summed E-state index contributed by atoms with van der Waals surface area (Å²) in [6.07, 6.45) is 8.25. The van der Waals surface area contributed by atoms with Crippen LogP contribution in [0.2, 0.25) is 0 Å². The number of aliphatic hydroxyl groups is 1. The lowest BCUT2D eigenvalue weighted by Crippen LogP contribution is -2.64. The zero-order valence-electron chi connectivity index (χ0n) is 38.3. The summed E-state index contributed by atoms with van der Waals surface area (Å²) in [5.74, 6) is -0.654. The Kier molecular flexibility index (Phi) is 11.7. The number of hydrogen-bond donors (Lipinski definition) is 4. The number of hydrogen-bond acceptors (Lipinski definition) is 13. The monoisotopic (exact) mass is 949 g/mol. The number of ether oxygens (including phenoxy) is 2. The van der Waals surface area contributed by atoms with Crippen LogP contribution in [0.25, 0.3) is 11.0 Å². The first-order valence-corrected chi connectivity index (χ1v) is 25.0. The fourth-order valence-electron chi connectivity index (χ4n) is 11.4. The number of ketones is 1. The van der Waals surface area contributed by atoms with E-state index in [0.29, 0.717) is 56.9 Å². The lowest BCUT2D eigenvalue weighted by Gasteiger charge is -2.56. The van der Waals surface area contributed by atoms with Gasteiger partial charge in [0.2, 0.25) is 0 Å². The number of benzene rings is 3. The predicted octanol–water partition coefficient (Wildman–Crippen LogP) is 8.18. The number of nitrogens with zero attached hydrogens (tertiary/aromatic N) is 4. The first-order valence-electron chi connectivity index (χ1n) is 23.5. The van der Waals surface area contributed by atoms with Crippen molar-refractivity contribution in [3.63, 3.8) is 0 Å². The molecule has 2 aliphatic carbocycles. The molecule has 3 aliphatic heterocycles. The summed E-state index contributed by atoms with van der Waals surface area (Å²) in [5, 5.41) is 26.2. The third kappa shape index (κ3) is 8.66. The summed E-state index contributed by atoms with van der Waals surface area (Å²) >= 11 is 0. The van der Waals surface area contributed by atoms with Crippen molar-refractivity contribution < 1.29 is 41.9 Å². The van der Waals surface area contributed by atoms with Gasteiger partial charge >= 0.3 is 0 Å². The number of carbonyl (C=O) groups is 2. The number of nitrogens with one attached hydrogen (secondary N) is 3. The molecule has 5 aliphatic rings. The molecule has 1 amide bonds. The fourth-order valence-corrected chi connectivity index (χ4v) is 12.4. The number of amides is 1. The van der Waals surface area contributed by atoms with E-state index in [1.807, 2.05) is 0 Å². The average molecular weight is 950 g/mol. The molecule has 4 fully saturated rings. The number of rotatable bonds is 11. The van der Waals surface area contributed by atoms with Gasteiger partial charge in [0.05, 0.1) is 44.7 Å². The first-order chi connectivity index (χ1) is 32.5. The summed E-state index contributed by atoms with van der Waals surface area (Å²) in [6, 6.07) is 16.4. The van der Waals surface area contributed by atoms with E-state index in [4.69, 9.17) is 9.47 Å². The Hall–Kier alpha value is -6.11. The normalized spacial score (nSPS) is 24.9. The highest BCUT2D eigenvalue weighted by atomic mass is 32.2. The van der Waals surface area contributed by atoms with Gasteiger partial charge in [-0.1, -0.05) is 38.1 Å². The Morgan fingerprint density at radius 2 is 1.81 bits per heavy atom. The molecule has 10 rings (SSSR count). The van der Waals surface area contributed by atoms with Crippen LogP contribution in [0.1, 0.15) is 105 Å².